The quantitative estimate of drug-likeness (QED) is 0.891. The van der Waals surface area contributed by atoms with Gasteiger partial charge in [0.25, 0.3) is 5.91 Å². The lowest BCUT2D eigenvalue weighted by molar-refractivity contribution is 0.0200. The van der Waals surface area contributed by atoms with E-state index >= 15 is 0 Å². The SMILES string of the molecule is CC1(C)C(CN)CC1NC(=O)c1cccn2ncc(Br)c12. The zero-order valence-corrected chi connectivity index (χ0v) is 13.7. The molecule has 1 amide bonds. The molecule has 2 aromatic rings. The van der Waals surface area contributed by atoms with Gasteiger partial charge in [-0.2, -0.15) is 5.10 Å². The maximum Gasteiger partial charge on any atom is 0.253 e. The van der Waals surface area contributed by atoms with Crippen LogP contribution in [0.2, 0.25) is 0 Å². The van der Waals surface area contributed by atoms with E-state index in [9.17, 15) is 4.79 Å². The molecule has 5 nitrogen and oxygen atoms in total. The van der Waals surface area contributed by atoms with E-state index in [0.29, 0.717) is 18.0 Å². The molecule has 1 fully saturated rings. The van der Waals surface area contributed by atoms with Crippen molar-refractivity contribution in [1.29, 1.82) is 0 Å². The van der Waals surface area contributed by atoms with E-state index < -0.39 is 0 Å². The summed E-state index contributed by atoms with van der Waals surface area (Å²) in [6, 6.07) is 3.82. The number of nitrogens with one attached hydrogen (secondary N) is 1. The number of rotatable bonds is 3. The Bertz CT molecular complexity index is 694. The zero-order chi connectivity index (χ0) is 15.2. The van der Waals surface area contributed by atoms with Gasteiger partial charge in [0.2, 0.25) is 0 Å². The summed E-state index contributed by atoms with van der Waals surface area (Å²) in [5, 5.41) is 7.34. The number of nitrogens with two attached hydrogens (primary N) is 1. The Labute approximate surface area is 132 Å². The number of pyridine rings is 1. The minimum Gasteiger partial charge on any atom is -0.349 e. The number of hydrogen-bond donors (Lipinski definition) is 2. The highest BCUT2D eigenvalue weighted by atomic mass is 79.9. The number of hydrogen-bond acceptors (Lipinski definition) is 3. The van der Waals surface area contributed by atoms with Crippen LogP contribution in [0.3, 0.4) is 0 Å². The molecule has 2 atom stereocenters. The van der Waals surface area contributed by atoms with E-state index in [0.717, 1.165) is 16.4 Å². The Hall–Kier alpha value is -1.40. The lowest BCUT2D eigenvalue weighted by atomic mass is 9.58. The van der Waals surface area contributed by atoms with Gasteiger partial charge in [0.05, 0.1) is 21.7 Å². The second-order valence-electron chi connectivity index (χ2n) is 6.22. The van der Waals surface area contributed by atoms with Crippen molar-refractivity contribution in [2.45, 2.75) is 26.3 Å². The van der Waals surface area contributed by atoms with Crippen molar-refractivity contribution in [3.63, 3.8) is 0 Å². The summed E-state index contributed by atoms with van der Waals surface area (Å²) in [5.41, 5.74) is 7.24. The summed E-state index contributed by atoms with van der Waals surface area (Å²) in [6.45, 7) is 4.99. The number of fused-ring (bicyclic) bond motifs is 1. The molecule has 0 radical (unpaired) electrons. The zero-order valence-electron chi connectivity index (χ0n) is 12.1. The normalized spacial score (nSPS) is 23.8. The Morgan fingerprint density at radius 1 is 1.62 bits per heavy atom. The average Bonchev–Trinajstić information content (AvgIpc) is 2.84. The van der Waals surface area contributed by atoms with Gasteiger partial charge in [0, 0.05) is 12.2 Å². The fourth-order valence-electron chi connectivity index (χ4n) is 3.09. The van der Waals surface area contributed by atoms with Crippen molar-refractivity contribution in [2.24, 2.45) is 17.1 Å². The molecule has 0 aliphatic heterocycles. The molecule has 3 rings (SSSR count). The molecule has 0 aromatic carbocycles. The highest BCUT2D eigenvalue weighted by Gasteiger charge is 2.47. The highest BCUT2D eigenvalue weighted by molar-refractivity contribution is 9.10. The van der Waals surface area contributed by atoms with E-state index in [4.69, 9.17) is 5.73 Å². The number of carbonyl (C=O) groups is 1. The summed E-state index contributed by atoms with van der Waals surface area (Å²) in [4.78, 5) is 12.6. The number of carbonyl (C=O) groups excluding carboxylic acids is 1. The Morgan fingerprint density at radius 2 is 2.38 bits per heavy atom. The number of nitrogens with zero attached hydrogens (tertiary/aromatic N) is 2. The number of amides is 1. The van der Waals surface area contributed by atoms with Crippen LogP contribution in [-0.2, 0) is 0 Å². The average molecular weight is 351 g/mol. The van der Waals surface area contributed by atoms with Gasteiger partial charge in [-0.25, -0.2) is 4.52 Å². The third-order valence-electron chi connectivity index (χ3n) is 4.80. The van der Waals surface area contributed by atoms with Gasteiger partial charge in [0.15, 0.2) is 0 Å². The molecule has 0 bridgehead atoms. The standard InChI is InChI=1S/C15H19BrN4O/c1-15(2)9(7-17)6-12(15)19-14(21)10-4-3-5-20-13(10)11(16)8-18-20/h3-5,8-9,12H,6-7,17H2,1-2H3,(H,19,21). The van der Waals surface area contributed by atoms with Crippen molar-refractivity contribution in [3.8, 4) is 0 Å². The first-order valence-corrected chi connectivity index (χ1v) is 7.87. The minimum absolute atomic E-state index is 0.0486. The predicted molar refractivity (Wildman–Crippen MR) is 85.1 cm³/mol. The first-order chi connectivity index (χ1) is 9.95. The molecule has 21 heavy (non-hydrogen) atoms. The second kappa shape index (κ2) is 5.10. The van der Waals surface area contributed by atoms with Crippen LogP contribution in [0.4, 0.5) is 0 Å². The minimum atomic E-state index is -0.0599. The van der Waals surface area contributed by atoms with E-state index in [-0.39, 0.29) is 17.4 Å². The van der Waals surface area contributed by atoms with Gasteiger partial charge in [-0.05, 0) is 52.4 Å². The van der Waals surface area contributed by atoms with Crippen molar-refractivity contribution in [3.05, 3.63) is 34.6 Å². The molecule has 112 valence electrons. The summed E-state index contributed by atoms with van der Waals surface area (Å²) in [6.07, 6.45) is 4.47. The van der Waals surface area contributed by atoms with Crippen LogP contribution in [0.1, 0.15) is 30.6 Å². The van der Waals surface area contributed by atoms with Gasteiger partial charge in [-0.1, -0.05) is 13.8 Å². The monoisotopic (exact) mass is 350 g/mol. The van der Waals surface area contributed by atoms with E-state index in [1.54, 1.807) is 10.7 Å². The van der Waals surface area contributed by atoms with Crippen LogP contribution in [0.25, 0.3) is 5.52 Å². The molecule has 2 heterocycles. The fourth-order valence-corrected chi connectivity index (χ4v) is 3.57. The van der Waals surface area contributed by atoms with Crippen molar-refractivity contribution >= 4 is 27.4 Å². The van der Waals surface area contributed by atoms with Gasteiger partial charge < -0.3 is 11.1 Å². The largest absolute Gasteiger partial charge is 0.349 e. The molecule has 2 aromatic heterocycles. The summed E-state index contributed by atoms with van der Waals surface area (Å²) < 4.78 is 2.52. The molecular weight excluding hydrogens is 332 g/mol. The third-order valence-corrected chi connectivity index (χ3v) is 5.38. The van der Waals surface area contributed by atoms with Gasteiger partial charge >= 0.3 is 0 Å². The topological polar surface area (TPSA) is 72.4 Å². The van der Waals surface area contributed by atoms with Crippen LogP contribution in [0.5, 0.6) is 0 Å². The smallest absolute Gasteiger partial charge is 0.253 e. The van der Waals surface area contributed by atoms with Crippen LogP contribution < -0.4 is 11.1 Å². The summed E-state index contributed by atoms with van der Waals surface area (Å²) in [7, 11) is 0. The molecule has 1 saturated carbocycles. The van der Waals surface area contributed by atoms with E-state index in [1.807, 2.05) is 18.3 Å². The maximum absolute atomic E-state index is 12.6. The fraction of sp³-hybridized carbons (Fsp3) is 0.467. The van der Waals surface area contributed by atoms with E-state index in [1.165, 1.54) is 0 Å². The Morgan fingerprint density at radius 3 is 3.05 bits per heavy atom. The molecule has 1 aliphatic carbocycles. The van der Waals surface area contributed by atoms with Crippen LogP contribution in [0.15, 0.2) is 29.0 Å². The Balaban J connectivity index is 1.84. The van der Waals surface area contributed by atoms with Crippen LogP contribution in [0, 0.1) is 11.3 Å². The molecule has 0 saturated heterocycles. The summed E-state index contributed by atoms with van der Waals surface area (Å²) in [5.74, 6) is 0.413. The number of aromatic nitrogens is 2. The molecule has 6 heteroatoms. The lowest BCUT2D eigenvalue weighted by Crippen LogP contribution is -2.60. The molecule has 2 unspecified atom stereocenters. The molecular formula is C15H19BrN4O. The van der Waals surface area contributed by atoms with Gasteiger partial charge in [-0.3, -0.25) is 4.79 Å². The predicted octanol–water partition coefficient (Wildman–Crippen LogP) is 2.20. The molecule has 0 spiro atoms. The highest BCUT2D eigenvalue weighted by Crippen LogP contribution is 2.45. The molecule has 1 aliphatic rings. The second-order valence-corrected chi connectivity index (χ2v) is 7.08. The van der Waals surface area contributed by atoms with Crippen LogP contribution >= 0.6 is 15.9 Å². The van der Waals surface area contributed by atoms with Crippen LogP contribution in [-0.4, -0.2) is 28.1 Å². The first-order valence-electron chi connectivity index (χ1n) is 7.08. The van der Waals surface area contributed by atoms with Gasteiger partial charge in [-0.15, -0.1) is 0 Å². The lowest BCUT2D eigenvalue weighted by Gasteiger charge is -2.52. The van der Waals surface area contributed by atoms with Crippen molar-refractivity contribution in [2.75, 3.05) is 6.54 Å². The maximum atomic E-state index is 12.6. The Kier molecular flexibility index (Phi) is 3.53. The molecule has 3 N–H and O–H groups in total. The summed E-state index contributed by atoms with van der Waals surface area (Å²) >= 11 is 3.45. The van der Waals surface area contributed by atoms with Crippen molar-refractivity contribution < 1.29 is 4.79 Å². The van der Waals surface area contributed by atoms with Crippen molar-refractivity contribution in [1.82, 2.24) is 14.9 Å². The third kappa shape index (κ3) is 2.26. The van der Waals surface area contributed by atoms with Gasteiger partial charge in [0.1, 0.15) is 0 Å². The first kappa shape index (κ1) is 14.5. The van der Waals surface area contributed by atoms with E-state index in [2.05, 4.69) is 40.2 Å². The number of halogens is 1.